The molecule has 2 N–H and O–H groups in total. The molecular weight excluding hydrogens is 324 g/mol. The van der Waals surface area contributed by atoms with Gasteiger partial charge >= 0.3 is 6.18 Å². The highest BCUT2D eigenvalue weighted by Crippen LogP contribution is 2.32. The number of nitrogens with one attached hydrogen (secondary N) is 2. The fraction of sp³-hybridized carbons (Fsp3) is 0.438. The third-order valence-corrected chi connectivity index (χ3v) is 4.03. The van der Waals surface area contributed by atoms with E-state index in [2.05, 4.69) is 15.7 Å². The Morgan fingerprint density at radius 3 is 2.88 bits per heavy atom. The van der Waals surface area contributed by atoms with Crippen molar-refractivity contribution in [2.45, 2.75) is 26.2 Å². The number of hydrogen-bond donors (Lipinski definition) is 2. The van der Waals surface area contributed by atoms with Crippen molar-refractivity contribution in [3.8, 4) is 0 Å². The molecule has 0 saturated heterocycles. The van der Waals surface area contributed by atoms with Crippen molar-refractivity contribution in [2.24, 2.45) is 5.92 Å². The van der Waals surface area contributed by atoms with Crippen LogP contribution < -0.4 is 10.6 Å². The Hall–Kier alpha value is -2.09. The van der Waals surface area contributed by atoms with E-state index in [0.29, 0.717) is 19.2 Å². The summed E-state index contributed by atoms with van der Waals surface area (Å²) in [6.07, 6.45) is -4.56. The predicted molar refractivity (Wildman–Crippen MR) is 82.1 cm³/mol. The molecule has 3 rings (SSSR count). The quantitative estimate of drug-likeness (QED) is 0.839. The molecule has 1 unspecified atom stereocenters. The molecule has 0 saturated carbocycles. The Morgan fingerprint density at radius 2 is 2.12 bits per heavy atom. The number of benzene rings is 1. The van der Waals surface area contributed by atoms with Crippen molar-refractivity contribution in [1.82, 2.24) is 15.1 Å². The molecule has 0 bridgehead atoms. The van der Waals surface area contributed by atoms with Crippen LogP contribution in [0.25, 0.3) is 0 Å². The van der Waals surface area contributed by atoms with Gasteiger partial charge in [-0.1, -0.05) is 6.07 Å². The van der Waals surface area contributed by atoms with Crippen LogP contribution in [-0.2, 0) is 19.3 Å². The molecule has 8 heteroatoms. The van der Waals surface area contributed by atoms with E-state index in [1.54, 1.807) is 0 Å². The molecule has 0 fully saturated rings. The molecule has 24 heavy (non-hydrogen) atoms. The van der Waals surface area contributed by atoms with E-state index in [1.807, 2.05) is 17.7 Å². The van der Waals surface area contributed by atoms with Crippen molar-refractivity contribution in [3.05, 3.63) is 46.9 Å². The zero-order valence-electron chi connectivity index (χ0n) is 13.1. The zero-order valence-corrected chi connectivity index (χ0v) is 13.1. The molecule has 2 heterocycles. The zero-order chi connectivity index (χ0) is 17.3. The van der Waals surface area contributed by atoms with Crippen LogP contribution in [0.2, 0.25) is 0 Å². The number of rotatable bonds is 4. The van der Waals surface area contributed by atoms with E-state index in [9.17, 15) is 17.6 Å². The number of hydrogen-bond acceptors (Lipinski definition) is 3. The Labute approximate surface area is 136 Å². The standard InChI is InChI=1S/C16H18F4N4/c1-10-4-15-22-7-11(9-24(15)23-10)6-21-8-12-2-3-13(17)5-14(12)16(18,19)20/h2-5,11,21-22H,6-9H2,1H3. The number of halogens is 4. The number of aromatic nitrogens is 2. The lowest BCUT2D eigenvalue weighted by molar-refractivity contribution is -0.138. The van der Waals surface area contributed by atoms with Gasteiger partial charge in [-0.15, -0.1) is 0 Å². The lowest BCUT2D eigenvalue weighted by Crippen LogP contribution is -2.35. The molecule has 1 aliphatic heterocycles. The Morgan fingerprint density at radius 1 is 1.33 bits per heavy atom. The van der Waals surface area contributed by atoms with Crippen LogP contribution in [0, 0.1) is 18.7 Å². The average Bonchev–Trinajstić information content (AvgIpc) is 2.87. The van der Waals surface area contributed by atoms with Crippen LogP contribution in [0.4, 0.5) is 23.4 Å². The van der Waals surface area contributed by atoms with Crippen LogP contribution in [0.5, 0.6) is 0 Å². The van der Waals surface area contributed by atoms with E-state index >= 15 is 0 Å². The summed E-state index contributed by atoms with van der Waals surface area (Å²) in [7, 11) is 0. The fourth-order valence-corrected chi connectivity index (χ4v) is 2.90. The second-order valence-corrected chi connectivity index (χ2v) is 6.03. The molecule has 0 aliphatic carbocycles. The molecule has 0 amide bonds. The lowest BCUT2D eigenvalue weighted by atomic mass is 10.1. The smallest absolute Gasteiger partial charge is 0.370 e. The van der Waals surface area contributed by atoms with E-state index in [1.165, 1.54) is 6.07 Å². The number of anilines is 1. The molecular formula is C16H18F4N4. The summed E-state index contributed by atoms with van der Waals surface area (Å²) in [5.41, 5.74) is 0.0392. The normalized spacial score (nSPS) is 17.5. The van der Waals surface area contributed by atoms with Crippen LogP contribution in [-0.4, -0.2) is 22.9 Å². The third-order valence-electron chi connectivity index (χ3n) is 4.03. The predicted octanol–water partition coefficient (Wildman–Crippen LogP) is 3.18. The first-order chi connectivity index (χ1) is 11.3. The van der Waals surface area contributed by atoms with Gasteiger partial charge in [0.1, 0.15) is 11.6 Å². The van der Waals surface area contributed by atoms with Crippen LogP contribution in [0.15, 0.2) is 24.3 Å². The Balaban J connectivity index is 1.60. The first-order valence-electron chi connectivity index (χ1n) is 7.67. The molecule has 2 aromatic rings. The summed E-state index contributed by atoms with van der Waals surface area (Å²) in [4.78, 5) is 0. The van der Waals surface area contributed by atoms with Crippen molar-refractivity contribution in [2.75, 3.05) is 18.4 Å². The van der Waals surface area contributed by atoms with Crippen LogP contribution in [0.3, 0.4) is 0 Å². The number of nitrogens with zero attached hydrogens (tertiary/aromatic N) is 2. The summed E-state index contributed by atoms with van der Waals surface area (Å²) in [5.74, 6) is 0.289. The van der Waals surface area contributed by atoms with Gasteiger partial charge in [0.15, 0.2) is 0 Å². The largest absolute Gasteiger partial charge is 0.416 e. The maximum Gasteiger partial charge on any atom is 0.416 e. The minimum Gasteiger partial charge on any atom is -0.370 e. The molecule has 0 spiro atoms. The molecule has 1 aromatic carbocycles. The van der Waals surface area contributed by atoms with Gasteiger partial charge < -0.3 is 10.6 Å². The summed E-state index contributed by atoms with van der Waals surface area (Å²) in [6.45, 7) is 3.93. The van der Waals surface area contributed by atoms with Gasteiger partial charge in [0.05, 0.1) is 11.3 Å². The first kappa shape index (κ1) is 16.8. The lowest BCUT2D eigenvalue weighted by Gasteiger charge is -2.25. The van der Waals surface area contributed by atoms with Gasteiger partial charge in [0.25, 0.3) is 0 Å². The second-order valence-electron chi connectivity index (χ2n) is 6.03. The minimum atomic E-state index is -4.56. The summed E-state index contributed by atoms with van der Waals surface area (Å²) < 4.78 is 53.8. The van der Waals surface area contributed by atoms with Gasteiger partial charge in [-0.25, -0.2) is 9.07 Å². The Bertz CT molecular complexity index is 723. The Kier molecular flexibility index (Phi) is 4.49. The van der Waals surface area contributed by atoms with Gasteiger partial charge in [-0.3, -0.25) is 0 Å². The fourth-order valence-electron chi connectivity index (χ4n) is 2.90. The third kappa shape index (κ3) is 3.69. The SMILES string of the molecule is Cc1cc2n(n1)CC(CNCc1ccc(F)cc1C(F)(F)F)CN2. The topological polar surface area (TPSA) is 41.9 Å². The maximum atomic E-state index is 13.1. The molecule has 0 radical (unpaired) electrons. The average molecular weight is 342 g/mol. The maximum absolute atomic E-state index is 13.1. The minimum absolute atomic E-state index is 0.0383. The first-order valence-corrected chi connectivity index (χ1v) is 7.67. The van der Waals surface area contributed by atoms with Crippen LogP contribution >= 0.6 is 0 Å². The summed E-state index contributed by atoms with van der Waals surface area (Å²) >= 11 is 0. The van der Waals surface area contributed by atoms with Crippen LogP contribution in [0.1, 0.15) is 16.8 Å². The molecule has 1 aromatic heterocycles. The van der Waals surface area contributed by atoms with Gasteiger partial charge in [0, 0.05) is 38.2 Å². The molecule has 130 valence electrons. The highest BCUT2D eigenvalue weighted by atomic mass is 19.4. The van der Waals surface area contributed by atoms with Crippen molar-refractivity contribution in [3.63, 3.8) is 0 Å². The number of fused-ring (bicyclic) bond motifs is 1. The van der Waals surface area contributed by atoms with E-state index in [0.717, 1.165) is 24.1 Å². The summed E-state index contributed by atoms with van der Waals surface area (Å²) in [5, 5.41) is 10.7. The highest BCUT2D eigenvalue weighted by molar-refractivity contribution is 5.38. The summed E-state index contributed by atoms with van der Waals surface area (Å²) in [6, 6.07) is 4.72. The molecule has 1 atom stereocenters. The number of alkyl halides is 3. The highest BCUT2D eigenvalue weighted by Gasteiger charge is 2.33. The van der Waals surface area contributed by atoms with Gasteiger partial charge in [-0.2, -0.15) is 18.3 Å². The monoisotopic (exact) mass is 342 g/mol. The number of aryl methyl sites for hydroxylation is 1. The van der Waals surface area contributed by atoms with E-state index < -0.39 is 17.6 Å². The van der Waals surface area contributed by atoms with Gasteiger partial charge in [0.2, 0.25) is 0 Å². The van der Waals surface area contributed by atoms with Crippen molar-refractivity contribution < 1.29 is 17.6 Å². The molecule has 1 aliphatic rings. The van der Waals surface area contributed by atoms with Gasteiger partial charge in [-0.05, 0) is 24.6 Å². The van der Waals surface area contributed by atoms with E-state index in [-0.39, 0.29) is 18.0 Å². The van der Waals surface area contributed by atoms with Crippen molar-refractivity contribution >= 4 is 5.82 Å². The van der Waals surface area contributed by atoms with E-state index in [4.69, 9.17) is 0 Å². The molecule has 4 nitrogen and oxygen atoms in total. The second kappa shape index (κ2) is 6.43. The van der Waals surface area contributed by atoms with Crippen molar-refractivity contribution in [1.29, 1.82) is 0 Å².